The Balaban J connectivity index is 1.56. The molecule has 13 heteroatoms. The molecular formula is C19H14F3N7O3. The highest BCUT2D eigenvalue weighted by atomic mass is 19.4. The molecule has 2 aromatic heterocycles. The van der Waals surface area contributed by atoms with E-state index in [1.165, 1.54) is 28.8 Å². The predicted molar refractivity (Wildman–Crippen MR) is 104 cm³/mol. The number of hydrogen-bond donors (Lipinski definition) is 3. The van der Waals surface area contributed by atoms with Gasteiger partial charge in [0.1, 0.15) is 11.4 Å². The second kappa shape index (κ2) is 7.21. The van der Waals surface area contributed by atoms with E-state index in [0.717, 1.165) is 12.8 Å². The molecule has 32 heavy (non-hydrogen) atoms. The van der Waals surface area contributed by atoms with Crippen molar-refractivity contribution in [3.8, 4) is 17.1 Å². The van der Waals surface area contributed by atoms with Gasteiger partial charge in [-0.25, -0.2) is 9.78 Å². The van der Waals surface area contributed by atoms with Crippen molar-refractivity contribution in [2.24, 2.45) is 0 Å². The number of urea groups is 1. The number of benzene rings is 1. The summed E-state index contributed by atoms with van der Waals surface area (Å²) in [5, 5.41) is 12.0. The first-order valence-corrected chi connectivity index (χ1v) is 9.48. The van der Waals surface area contributed by atoms with Crippen LogP contribution in [-0.2, 0) is 4.79 Å². The number of hydrogen-bond acceptors (Lipinski definition) is 7. The molecule has 0 bridgehead atoms. The molecular weight excluding hydrogens is 431 g/mol. The number of anilines is 1. The number of nitrogens with one attached hydrogen (secondary N) is 3. The van der Waals surface area contributed by atoms with Crippen LogP contribution >= 0.6 is 0 Å². The lowest BCUT2D eigenvalue weighted by atomic mass is 10.2. The van der Waals surface area contributed by atoms with Gasteiger partial charge in [0.15, 0.2) is 11.5 Å². The molecule has 3 heterocycles. The Kier molecular flexibility index (Phi) is 4.46. The van der Waals surface area contributed by atoms with Crippen LogP contribution in [0.25, 0.3) is 23.1 Å². The first kappa shape index (κ1) is 19.8. The summed E-state index contributed by atoms with van der Waals surface area (Å²) in [6.07, 6.45) is -1.55. The number of aromatic nitrogens is 4. The number of nitrogens with zero attached hydrogens (tertiary/aromatic N) is 4. The summed E-state index contributed by atoms with van der Waals surface area (Å²) < 4.78 is 43.2. The van der Waals surface area contributed by atoms with E-state index in [4.69, 9.17) is 0 Å². The molecule has 1 aromatic carbocycles. The van der Waals surface area contributed by atoms with E-state index in [2.05, 4.69) is 35.8 Å². The zero-order chi connectivity index (χ0) is 22.5. The number of carbonyl (C=O) groups excluding carboxylic acids is 2. The maximum absolute atomic E-state index is 12.6. The van der Waals surface area contributed by atoms with E-state index in [1.54, 1.807) is 12.1 Å². The minimum atomic E-state index is -4.82. The summed E-state index contributed by atoms with van der Waals surface area (Å²) in [6.45, 7) is 0. The number of halogens is 3. The third-order valence-electron chi connectivity index (χ3n) is 4.59. The Morgan fingerprint density at radius 2 is 1.97 bits per heavy atom. The van der Waals surface area contributed by atoms with Crippen LogP contribution in [0.3, 0.4) is 0 Å². The molecule has 2 aliphatic rings. The number of ether oxygens (including phenoxy) is 1. The first-order chi connectivity index (χ1) is 15.2. The Bertz CT molecular complexity index is 1280. The number of fused-ring (bicyclic) bond motifs is 1. The van der Waals surface area contributed by atoms with Crippen molar-refractivity contribution in [2.75, 3.05) is 5.32 Å². The van der Waals surface area contributed by atoms with Gasteiger partial charge in [0, 0.05) is 17.7 Å². The maximum Gasteiger partial charge on any atom is 0.573 e. The maximum atomic E-state index is 12.6. The number of carbonyl (C=O) groups is 2. The minimum absolute atomic E-state index is 0.0280. The highest BCUT2D eigenvalue weighted by Crippen LogP contribution is 2.29. The van der Waals surface area contributed by atoms with Gasteiger partial charge < -0.3 is 15.4 Å². The van der Waals surface area contributed by atoms with Crippen molar-refractivity contribution in [1.82, 2.24) is 30.2 Å². The zero-order valence-electron chi connectivity index (χ0n) is 16.1. The largest absolute Gasteiger partial charge is 0.573 e. The molecule has 2 fully saturated rings. The fourth-order valence-electron chi connectivity index (χ4n) is 3.07. The van der Waals surface area contributed by atoms with E-state index < -0.39 is 24.1 Å². The second-order valence-corrected chi connectivity index (χ2v) is 7.17. The lowest BCUT2D eigenvalue weighted by Crippen LogP contribution is -2.22. The van der Waals surface area contributed by atoms with Crippen molar-refractivity contribution in [2.45, 2.75) is 25.2 Å². The summed E-state index contributed by atoms with van der Waals surface area (Å²) in [4.78, 5) is 31.9. The summed E-state index contributed by atoms with van der Waals surface area (Å²) in [6, 6.07) is 6.47. The topological polar surface area (TPSA) is 123 Å². The minimum Gasteiger partial charge on any atom is -0.406 e. The summed E-state index contributed by atoms with van der Waals surface area (Å²) in [7, 11) is 0. The SMILES string of the molecule is O=C1NC(=O)/C(=C/c2cc3nc(-c4cccc(OC(F)(F)F)c4)nc(NC4CC4)n3n2)N1. The van der Waals surface area contributed by atoms with Gasteiger partial charge >= 0.3 is 12.4 Å². The number of rotatable bonds is 5. The molecule has 3 amide bonds. The van der Waals surface area contributed by atoms with Crippen molar-refractivity contribution in [1.29, 1.82) is 0 Å². The summed E-state index contributed by atoms with van der Waals surface area (Å²) in [5.41, 5.74) is 1.02. The van der Waals surface area contributed by atoms with Gasteiger partial charge in [-0.3, -0.25) is 10.1 Å². The Labute approximate surface area is 177 Å². The summed E-state index contributed by atoms with van der Waals surface area (Å²) >= 11 is 0. The Morgan fingerprint density at radius 3 is 2.66 bits per heavy atom. The van der Waals surface area contributed by atoms with Crippen LogP contribution in [0.1, 0.15) is 18.5 Å². The quantitative estimate of drug-likeness (QED) is 0.407. The van der Waals surface area contributed by atoms with E-state index >= 15 is 0 Å². The molecule has 3 aromatic rings. The monoisotopic (exact) mass is 445 g/mol. The lowest BCUT2D eigenvalue weighted by molar-refractivity contribution is -0.274. The number of imide groups is 1. The zero-order valence-corrected chi connectivity index (χ0v) is 16.1. The van der Waals surface area contributed by atoms with Gasteiger partial charge in [-0.15, -0.1) is 13.2 Å². The van der Waals surface area contributed by atoms with Crippen molar-refractivity contribution < 1.29 is 27.5 Å². The lowest BCUT2D eigenvalue weighted by Gasteiger charge is -2.11. The molecule has 3 N–H and O–H groups in total. The second-order valence-electron chi connectivity index (χ2n) is 7.17. The van der Waals surface area contributed by atoms with Crippen LogP contribution in [0.2, 0.25) is 0 Å². The van der Waals surface area contributed by atoms with Crippen LogP contribution in [0, 0.1) is 0 Å². The third-order valence-corrected chi connectivity index (χ3v) is 4.59. The normalized spacial score (nSPS) is 17.5. The third kappa shape index (κ3) is 4.17. The van der Waals surface area contributed by atoms with Crippen LogP contribution in [-0.4, -0.2) is 43.9 Å². The van der Waals surface area contributed by atoms with Crippen molar-refractivity contribution in [3.63, 3.8) is 0 Å². The fourth-order valence-corrected chi connectivity index (χ4v) is 3.07. The van der Waals surface area contributed by atoms with Gasteiger partial charge in [-0.05, 0) is 31.1 Å². The van der Waals surface area contributed by atoms with Crippen molar-refractivity contribution >= 4 is 29.6 Å². The fraction of sp³-hybridized carbons (Fsp3) is 0.211. The molecule has 1 aliphatic carbocycles. The van der Waals surface area contributed by atoms with Gasteiger partial charge in [0.2, 0.25) is 5.95 Å². The standard InChI is InChI=1S/C19H14F3N7O3/c20-19(21,22)32-12-3-1-2-9(6-12)15-25-14-8-11(7-13-16(30)27-18(31)24-13)28-29(14)17(26-15)23-10-4-5-10/h1-3,6-8,10H,4-5H2,(H,23,25,26)(H2,24,27,30,31)/b13-7-. The summed E-state index contributed by atoms with van der Waals surface area (Å²) in [5.74, 6) is -0.466. The van der Waals surface area contributed by atoms with Crippen molar-refractivity contribution in [3.05, 3.63) is 41.7 Å². The highest BCUT2D eigenvalue weighted by molar-refractivity contribution is 6.13. The molecule has 5 rings (SSSR count). The van der Waals surface area contributed by atoms with Crippen LogP contribution in [0.4, 0.5) is 23.9 Å². The van der Waals surface area contributed by atoms with Crippen LogP contribution < -0.4 is 20.7 Å². The highest BCUT2D eigenvalue weighted by Gasteiger charge is 2.31. The molecule has 1 saturated heterocycles. The molecule has 0 radical (unpaired) electrons. The van der Waals surface area contributed by atoms with E-state index in [-0.39, 0.29) is 17.6 Å². The molecule has 164 valence electrons. The average Bonchev–Trinajstić information content (AvgIpc) is 3.33. The molecule has 1 aliphatic heterocycles. The molecule has 10 nitrogen and oxygen atoms in total. The number of alkyl halides is 3. The van der Waals surface area contributed by atoms with E-state index in [1.807, 2.05) is 0 Å². The molecule has 1 saturated carbocycles. The predicted octanol–water partition coefficient (Wildman–Crippen LogP) is 2.44. The van der Waals surface area contributed by atoms with Gasteiger partial charge in [-0.1, -0.05) is 12.1 Å². The molecule has 0 unspecified atom stereocenters. The van der Waals surface area contributed by atoms with Gasteiger partial charge in [-0.2, -0.15) is 14.6 Å². The Hall–Kier alpha value is -4.16. The van der Waals surface area contributed by atoms with Gasteiger partial charge in [0.05, 0.1) is 5.69 Å². The molecule has 0 spiro atoms. The van der Waals surface area contributed by atoms with E-state index in [0.29, 0.717) is 22.9 Å². The smallest absolute Gasteiger partial charge is 0.406 e. The van der Waals surface area contributed by atoms with Crippen LogP contribution in [0.15, 0.2) is 36.0 Å². The number of amides is 3. The van der Waals surface area contributed by atoms with Gasteiger partial charge in [0.25, 0.3) is 5.91 Å². The van der Waals surface area contributed by atoms with E-state index in [9.17, 15) is 22.8 Å². The Morgan fingerprint density at radius 1 is 1.16 bits per heavy atom. The molecule has 0 atom stereocenters. The first-order valence-electron chi connectivity index (χ1n) is 9.48. The van der Waals surface area contributed by atoms with Crippen LogP contribution in [0.5, 0.6) is 5.75 Å². The average molecular weight is 445 g/mol.